The van der Waals surface area contributed by atoms with Crippen LogP contribution in [0.2, 0.25) is 0 Å². The fourth-order valence-electron chi connectivity index (χ4n) is 1.90. The number of nitrogens with one attached hydrogen (secondary N) is 3. The zero-order valence-electron chi connectivity index (χ0n) is 13.0. The number of nitrogens with zero attached hydrogens (tertiary/aromatic N) is 1. The summed E-state index contributed by atoms with van der Waals surface area (Å²) < 4.78 is 0. The molecule has 1 amide bonds. The molecule has 0 aliphatic carbocycles. The van der Waals surface area contributed by atoms with Crippen LogP contribution in [0.25, 0.3) is 0 Å². The van der Waals surface area contributed by atoms with Crippen molar-refractivity contribution in [3.63, 3.8) is 0 Å². The van der Waals surface area contributed by atoms with Crippen LogP contribution in [0, 0.1) is 0 Å². The summed E-state index contributed by atoms with van der Waals surface area (Å²) in [4.78, 5) is 11.1. The molecule has 118 valence electrons. The van der Waals surface area contributed by atoms with Crippen molar-refractivity contribution >= 4 is 40.3 Å². The van der Waals surface area contributed by atoms with Crippen molar-refractivity contribution < 1.29 is 4.79 Å². The molecule has 0 saturated heterocycles. The number of anilines is 2. The Hall–Kier alpha value is -2.73. The molecular weight excluding hydrogens is 308 g/mol. The van der Waals surface area contributed by atoms with Gasteiger partial charge in [-0.25, -0.2) is 0 Å². The van der Waals surface area contributed by atoms with Crippen molar-refractivity contribution in [3.05, 3.63) is 60.2 Å². The minimum absolute atomic E-state index is 0.108. The van der Waals surface area contributed by atoms with Gasteiger partial charge in [-0.05, 0) is 49.0 Å². The van der Waals surface area contributed by atoms with Gasteiger partial charge in [-0.15, -0.1) is 0 Å². The second kappa shape index (κ2) is 8.05. The Kier molecular flexibility index (Phi) is 5.82. The topological polar surface area (TPSA) is 65.5 Å². The molecule has 3 N–H and O–H groups in total. The Morgan fingerprint density at radius 2 is 1.65 bits per heavy atom. The summed E-state index contributed by atoms with van der Waals surface area (Å²) >= 11 is 5.20. The summed E-state index contributed by atoms with van der Waals surface area (Å²) in [6.45, 7) is 3.34. The molecule has 0 bridgehead atoms. The number of rotatable bonds is 4. The summed E-state index contributed by atoms with van der Waals surface area (Å²) in [5, 5.41) is 10.5. The Morgan fingerprint density at radius 1 is 0.957 bits per heavy atom. The van der Waals surface area contributed by atoms with E-state index in [-0.39, 0.29) is 5.91 Å². The number of carbonyl (C=O) groups is 1. The minimum atomic E-state index is -0.108. The van der Waals surface area contributed by atoms with Crippen LogP contribution in [-0.2, 0) is 4.79 Å². The lowest BCUT2D eigenvalue weighted by Crippen LogP contribution is -2.24. The number of thiocarbonyl (C=S) groups is 1. The van der Waals surface area contributed by atoms with Gasteiger partial charge in [0.25, 0.3) is 0 Å². The highest BCUT2D eigenvalue weighted by atomic mass is 32.1. The third-order valence-corrected chi connectivity index (χ3v) is 3.15. The fraction of sp³-hybridized carbons (Fsp3) is 0.118. The Morgan fingerprint density at radius 3 is 2.35 bits per heavy atom. The number of hydrogen-bond donors (Lipinski definition) is 3. The molecule has 23 heavy (non-hydrogen) atoms. The predicted molar refractivity (Wildman–Crippen MR) is 98.8 cm³/mol. The van der Waals surface area contributed by atoms with E-state index in [1.165, 1.54) is 6.92 Å². The molecule has 0 heterocycles. The number of benzene rings is 2. The molecule has 2 rings (SSSR count). The number of carbonyl (C=O) groups excluding carboxylic acids is 1. The lowest BCUT2D eigenvalue weighted by atomic mass is 10.1. The first-order chi connectivity index (χ1) is 11.0. The maximum Gasteiger partial charge on any atom is 0.221 e. The van der Waals surface area contributed by atoms with Crippen molar-refractivity contribution in [2.75, 3.05) is 10.6 Å². The monoisotopic (exact) mass is 326 g/mol. The summed E-state index contributed by atoms with van der Waals surface area (Å²) in [5.41, 5.74) is 6.09. The van der Waals surface area contributed by atoms with Gasteiger partial charge < -0.3 is 10.6 Å². The lowest BCUT2D eigenvalue weighted by Gasteiger charge is -2.09. The average molecular weight is 326 g/mol. The Bertz CT molecular complexity index is 728. The van der Waals surface area contributed by atoms with Crippen molar-refractivity contribution in [2.45, 2.75) is 13.8 Å². The van der Waals surface area contributed by atoms with Crippen molar-refractivity contribution in [1.82, 2.24) is 5.43 Å². The number of para-hydroxylation sites is 1. The van der Waals surface area contributed by atoms with Gasteiger partial charge in [0.1, 0.15) is 0 Å². The van der Waals surface area contributed by atoms with Crippen molar-refractivity contribution in [2.24, 2.45) is 5.10 Å². The molecule has 0 aliphatic rings. The number of hydrazone groups is 1. The molecule has 2 aromatic carbocycles. The molecule has 0 spiro atoms. The highest BCUT2D eigenvalue weighted by Crippen LogP contribution is 2.11. The highest BCUT2D eigenvalue weighted by Gasteiger charge is 2.02. The zero-order valence-corrected chi connectivity index (χ0v) is 13.8. The molecule has 0 atom stereocenters. The first kappa shape index (κ1) is 16.6. The van der Waals surface area contributed by atoms with Crippen LogP contribution in [0.5, 0.6) is 0 Å². The minimum Gasteiger partial charge on any atom is -0.331 e. The van der Waals surface area contributed by atoms with Gasteiger partial charge in [-0.2, -0.15) is 5.10 Å². The molecule has 0 aromatic heterocycles. The van der Waals surface area contributed by atoms with Gasteiger partial charge in [-0.3, -0.25) is 10.2 Å². The molecule has 5 nitrogen and oxygen atoms in total. The summed E-state index contributed by atoms with van der Waals surface area (Å²) in [6.07, 6.45) is 0. The smallest absolute Gasteiger partial charge is 0.221 e. The maximum atomic E-state index is 11.1. The number of hydrogen-bond acceptors (Lipinski definition) is 3. The van der Waals surface area contributed by atoms with E-state index in [0.717, 1.165) is 22.6 Å². The van der Waals surface area contributed by atoms with E-state index in [1.54, 1.807) is 0 Å². The van der Waals surface area contributed by atoms with Crippen LogP contribution in [-0.4, -0.2) is 16.7 Å². The highest BCUT2D eigenvalue weighted by molar-refractivity contribution is 7.80. The Balaban J connectivity index is 1.99. The van der Waals surface area contributed by atoms with Gasteiger partial charge in [-0.1, -0.05) is 30.3 Å². The van der Waals surface area contributed by atoms with Gasteiger partial charge in [0.15, 0.2) is 5.11 Å². The first-order valence-electron chi connectivity index (χ1n) is 7.09. The zero-order chi connectivity index (χ0) is 16.7. The SMILES string of the molecule is CC(=O)Nc1cccc(/C(C)=N/NC(=S)Nc2ccccc2)c1. The molecule has 0 radical (unpaired) electrons. The molecule has 2 aromatic rings. The normalized spacial score (nSPS) is 10.8. The van der Waals surface area contributed by atoms with Crippen LogP contribution in [0.15, 0.2) is 59.7 Å². The quantitative estimate of drug-likeness (QED) is 0.458. The molecule has 0 fully saturated rings. The van der Waals surface area contributed by atoms with E-state index >= 15 is 0 Å². The van der Waals surface area contributed by atoms with Crippen molar-refractivity contribution in [1.29, 1.82) is 0 Å². The van der Waals surface area contributed by atoms with Crippen LogP contribution in [0.4, 0.5) is 11.4 Å². The van der Waals surface area contributed by atoms with Crippen LogP contribution in [0.3, 0.4) is 0 Å². The van der Waals surface area contributed by atoms with E-state index in [9.17, 15) is 4.79 Å². The van der Waals surface area contributed by atoms with E-state index in [1.807, 2.05) is 61.5 Å². The Labute approximate surface area is 140 Å². The molecule has 6 heteroatoms. The second-order valence-corrected chi connectivity index (χ2v) is 5.30. The third kappa shape index (κ3) is 5.52. The molecule has 0 saturated carbocycles. The van der Waals surface area contributed by atoms with E-state index < -0.39 is 0 Å². The predicted octanol–water partition coefficient (Wildman–Crippen LogP) is 3.36. The van der Waals surface area contributed by atoms with E-state index in [4.69, 9.17) is 12.2 Å². The molecule has 0 unspecified atom stereocenters. The largest absolute Gasteiger partial charge is 0.331 e. The number of amides is 1. The summed E-state index contributed by atoms with van der Waals surface area (Å²) in [7, 11) is 0. The average Bonchev–Trinajstić information content (AvgIpc) is 2.53. The van der Waals surface area contributed by atoms with Crippen LogP contribution < -0.4 is 16.1 Å². The maximum absolute atomic E-state index is 11.1. The third-order valence-electron chi connectivity index (χ3n) is 2.96. The summed E-state index contributed by atoms with van der Waals surface area (Å²) in [6, 6.07) is 17.1. The van der Waals surface area contributed by atoms with Crippen LogP contribution >= 0.6 is 12.2 Å². The van der Waals surface area contributed by atoms with Gasteiger partial charge >= 0.3 is 0 Å². The fourth-order valence-corrected chi connectivity index (χ4v) is 2.07. The van der Waals surface area contributed by atoms with Gasteiger partial charge in [0, 0.05) is 18.3 Å². The first-order valence-corrected chi connectivity index (χ1v) is 7.50. The summed E-state index contributed by atoms with van der Waals surface area (Å²) in [5.74, 6) is -0.108. The van der Waals surface area contributed by atoms with Crippen LogP contribution in [0.1, 0.15) is 19.4 Å². The lowest BCUT2D eigenvalue weighted by molar-refractivity contribution is -0.114. The van der Waals surface area contributed by atoms with E-state index in [0.29, 0.717) is 5.11 Å². The van der Waals surface area contributed by atoms with Gasteiger partial charge in [0.05, 0.1) is 5.71 Å². The molecule has 0 aliphatic heterocycles. The van der Waals surface area contributed by atoms with Crippen molar-refractivity contribution in [3.8, 4) is 0 Å². The van der Waals surface area contributed by atoms with Gasteiger partial charge in [0.2, 0.25) is 5.91 Å². The molecular formula is C17H18N4OS. The van der Waals surface area contributed by atoms with E-state index in [2.05, 4.69) is 21.2 Å². The standard InChI is InChI=1S/C17H18N4OS/c1-12(14-7-6-10-16(11-14)18-13(2)22)20-21-17(23)19-15-8-4-3-5-9-15/h3-11H,1-2H3,(H,18,22)(H2,19,21,23)/b20-12+. The second-order valence-electron chi connectivity index (χ2n) is 4.89.